The second-order valence-electron chi connectivity index (χ2n) is 8.09. The summed E-state index contributed by atoms with van der Waals surface area (Å²) < 4.78 is 10.4. The minimum absolute atomic E-state index is 0.225. The van der Waals surface area contributed by atoms with Crippen molar-refractivity contribution in [2.24, 2.45) is 5.41 Å². The fourth-order valence-electron chi connectivity index (χ4n) is 3.20. The minimum atomic E-state index is -0.373. The Labute approximate surface area is 163 Å². The summed E-state index contributed by atoms with van der Waals surface area (Å²) in [5.41, 5.74) is -0.373. The Hall–Kier alpha value is -0.610. The highest BCUT2D eigenvalue weighted by Gasteiger charge is 2.31. The minimum Gasteiger partial charge on any atom is -0.385 e. The summed E-state index contributed by atoms with van der Waals surface area (Å²) in [7, 11) is 3.38. The van der Waals surface area contributed by atoms with E-state index < -0.39 is 0 Å². The van der Waals surface area contributed by atoms with E-state index in [1.807, 2.05) is 18.7 Å². The van der Waals surface area contributed by atoms with Crippen LogP contribution in [-0.2, 0) is 14.3 Å². The summed E-state index contributed by atoms with van der Waals surface area (Å²) in [5, 5.41) is 0. The van der Waals surface area contributed by atoms with Gasteiger partial charge >= 0.3 is 0 Å². The van der Waals surface area contributed by atoms with Crippen molar-refractivity contribution in [3.05, 3.63) is 0 Å². The lowest BCUT2D eigenvalue weighted by Gasteiger charge is -2.32. The maximum Gasteiger partial charge on any atom is 0.228 e. The molecule has 0 heterocycles. The van der Waals surface area contributed by atoms with Crippen LogP contribution in [-0.4, -0.2) is 51.3 Å². The molecule has 0 aliphatic carbocycles. The van der Waals surface area contributed by atoms with Gasteiger partial charge in [-0.15, -0.1) is 0 Å². The van der Waals surface area contributed by atoms with Crippen LogP contribution in [0.2, 0.25) is 0 Å². The van der Waals surface area contributed by atoms with Crippen molar-refractivity contribution in [3.8, 4) is 0 Å². The number of carbonyl (C=O) groups is 1. The number of unbranched alkanes of at least 4 members (excludes halogenated alkanes) is 9. The van der Waals surface area contributed by atoms with Crippen LogP contribution in [0.4, 0.5) is 0 Å². The van der Waals surface area contributed by atoms with E-state index in [-0.39, 0.29) is 11.3 Å². The van der Waals surface area contributed by atoms with Crippen molar-refractivity contribution in [1.82, 2.24) is 4.90 Å². The molecule has 4 heteroatoms. The molecule has 0 fully saturated rings. The Kier molecular flexibility index (Phi) is 16.2. The number of hydrogen-bond donors (Lipinski definition) is 0. The molecule has 0 radical (unpaired) electrons. The van der Waals surface area contributed by atoms with Gasteiger partial charge in [0.15, 0.2) is 0 Å². The third-order valence-electron chi connectivity index (χ3n) is 5.14. The standard InChI is InChI=1S/C22H45NO3/c1-6-7-8-9-10-11-12-13-14-15-17-23(18-20-26-5)21(24)22(2,3)16-19-25-4/h6-20H2,1-5H3. The fraction of sp³-hybridized carbons (Fsp3) is 0.955. The lowest BCUT2D eigenvalue weighted by Crippen LogP contribution is -2.43. The molecule has 4 nitrogen and oxygen atoms in total. The van der Waals surface area contributed by atoms with Crippen molar-refractivity contribution in [2.75, 3.05) is 40.5 Å². The van der Waals surface area contributed by atoms with Crippen LogP contribution in [0.5, 0.6) is 0 Å². The SMILES string of the molecule is CCCCCCCCCCCCN(CCOC)C(=O)C(C)(C)CCOC. The molecule has 1 amide bonds. The Morgan fingerprint density at radius 1 is 0.769 bits per heavy atom. The fourth-order valence-corrected chi connectivity index (χ4v) is 3.20. The smallest absolute Gasteiger partial charge is 0.228 e. The second-order valence-corrected chi connectivity index (χ2v) is 8.09. The number of rotatable bonds is 18. The third-order valence-corrected chi connectivity index (χ3v) is 5.14. The maximum absolute atomic E-state index is 12.9. The number of amides is 1. The Morgan fingerprint density at radius 3 is 1.77 bits per heavy atom. The molecule has 156 valence electrons. The van der Waals surface area contributed by atoms with E-state index in [4.69, 9.17) is 9.47 Å². The lowest BCUT2D eigenvalue weighted by atomic mass is 9.87. The van der Waals surface area contributed by atoms with Gasteiger partial charge in [-0.05, 0) is 12.8 Å². The third kappa shape index (κ3) is 12.7. The van der Waals surface area contributed by atoms with Crippen molar-refractivity contribution < 1.29 is 14.3 Å². The molecule has 0 aliphatic heterocycles. The summed E-state index contributed by atoms with van der Waals surface area (Å²) in [6, 6.07) is 0. The summed E-state index contributed by atoms with van der Waals surface area (Å²) in [6.07, 6.45) is 13.9. The highest BCUT2D eigenvalue weighted by atomic mass is 16.5. The van der Waals surface area contributed by atoms with E-state index >= 15 is 0 Å². The highest BCUT2D eigenvalue weighted by molar-refractivity contribution is 5.81. The van der Waals surface area contributed by atoms with Crippen molar-refractivity contribution in [1.29, 1.82) is 0 Å². The largest absolute Gasteiger partial charge is 0.385 e. The van der Waals surface area contributed by atoms with Gasteiger partial charge in [-0.2, -0.15) is 0 Å². The average molecular weight is 372 g/mol. The Bertz CT molecular complexity index is 331. The quantitative estimate of drug-likeness (QED) is 0.301. The molecule has 0 spiro atoms. The van der Waals surface area contributed by atoms with E-state index in [1.54, 1.807) is 14.2 Å². The monoisotopic (exact) mass is 371 g/mol. The molecule has 0 bridgehead atoms. The van der Waals surface area contributed by atoms with E-state index in [0.717, 1.165) is 19.4 Å². The molecule has 0 aromatic carbocycles. The topological polar surface area (TPSA) is 38.8 Å². The predicted octanol–water partition coefficient (Wildman–Crippen LogP) is 5.45. The van der Waals surface area contributed by atoms with Crippen LogP contribution in [0.15, 0.2) is 0 Å². The summed E-state index contributed by atoms with van der Waals surface area (Å²) in [6.45, 7) is 9.05. The maximum atomic E-state index is 12.9. The highest BCUT2D eigenvalue weighted by Crippen LogP contribution is 2.24. The Balaban J connectivity index is 4.05. The van der Waals surface area contributed by atoms with Gasteiger partial charge in [0.1, 0.15) is 0 Å². The van der Waals surface area contributed by atoms with Crippen molar-refractivity contribution in [2.45, 2.75) is 91.4 Å². The van der Waals surface area contributed by atoms with Gasteiger partial charge in [-0.1, -0.05) is 78.6 Å². The molecule has 0 N–H and O–H groups in total. The number of hydrogen-bond acceptors (Lipinski definition) is 3. The molecule has 0 saturated heterocycles. The Morgan fingerprint density at radius 2 is 1.27 bits per heavy atom. The summed E-state index contributed by atoms with van der Waals surface area (Å²) in [5.74, 6) is 0.225. The molecule has 0 aromatic rings. The zero-order chi connectivity index (χ0) is 19.7. The van der Waals surface area contributed by atoms with E-state index in [9.17, 15) is 4.79 Å². The first-order valence-electron chi connectivity index (χ1n) is 10.8. The number of carbonyl (C=O) groups excluding carboxylic acids is 1. The normalized spacial score (nSPS) is 11.7. The van der Waals surface area contributed by atoms with Crippen LogP contribution >= 0.6 is 0 Å². The lowest BCUT2D eigenvalue weighted by molar-refractivity contribution is -0.142. The van der Waals surface area contributed by atoms with Crippen molar-refractivity contribution in [3.63, 3.8) is 0 Å². The van der Waals surface area contributed by atoms with Gasteiger partial charge in [0.05, 0.1) is 6.61 Å². The molecule has 0 saturated carbocycles. The molecular formula is C22H45NO3. The number of methoxy groups -OCH3 is 2. The molecule has 0 unspecified atom stereocenters. The molecular weight excluding hydrogens is 326 g/mol. The van der Waals surface area contributed by atoms with Crippen LogP contribution in [0.3, 0.4) is 0 Å². The van der Waals surface area contributed by atoms with Crippen LogP contribution in [0.25, 0.3) is 0 Å². The first-order valence-corrected chi connectivity index (χ1v) is 10.8. The first-order chi connectivity index (χ1) is 12.5. The van der Waals surface area contributed by atoms with Gasteiger partial charge in [-0.3, -0.25) is 4.79 Å². The van der Waals surface area contributed by atoms with Crippen LogP contribution in [0.1, 0.15) is 91.4 Å². The number of nitrogens with zero attached hydrogens (tertiary/aromatic N) is 1. The molecule has 0 atom stereocenters. The molecule has 0 aliphatic rings. The zero-order valence-corrected chi connectivity index (χ0v) is 18.3. The molecule has 0 rings (SSSR count). The van der Waals surface area contributed by atoms with Crippen LogP contribution in [0, 0.1) is 5.41 Å². The number of ether oxygens (including phenoxy) is 2. The van der Waals surface area contributed by atoms with E-state index in [0.29, 0.717) is 19.8 Å². The molecule has 0 aromatic heterocycles. The van der Waals surface area contributed by atoms with Gasteiger partial charge in [-0.25, -0.2) is 0 Å². The summed E-state index contributed by atoms with van der Waals surface area (Å²) >= 11 is 0. The first kappa shape index (κ1) is 25.4. The van der Waals surface area contributed by atoms with Gasteiger partial charge in [0.2, 0.25) is 5.91 Å². The van der Waals surface area contributed by atoms with E-state index in [1.165, 1.54) is 57.8 Å². The second kappa shape index (κ2) is 16.6. The van der Waals surface area contributed by atoms with Gasteiger partial charge < -0.3 is 14.4 Å². The molecule has 26 heavy (non-hydrogen) atoms. The van der Waals surface area contributed by atoms with Gasteiger partial charge in [0.25, 0.3) is 0 Å². The summed E-state index contributed by atoms with van der Waals surface area (Å²) in [4.78, 5) is 14.9. The van der Waals surface area contributed by atoms with Gasteiger partial charge in [0, 0.05) is 39.3 Å². The zero-order valence-electron chi connectivity index (χ0n) is 18.3. The predicted molar refractivity (Wildman–Crippen MR) is 111 cm³/mol. The average Bonchev–Trinajstić information content (AvgIpc) is 2.63. The van der Waals surface area contributed by atoms with Crippen LogP contribution < -0.4 is 0 Å². The van der Waals surface area contributed by atoms with Crippen molar-refractivity contribution >= 4 is 5.91 Å². The van der Waals surface area contributed by atoms with E-state index in [2.05, 4.69) is 6.92 Å².